The number of carbonyl (C=O) groups excluding carboxylic acids is 2. The molecule has 0 fully saturated rings. The largest absolute Gasteiger partial charge is 0.463 e. The van der Waals surface area contributed by atoms with E-state index in [1.54, 1.807) is 19.9 Å². The minimum absolute atomic E-state index is 0.0219. The highest BCUT2D eigenvalue weighted by Crippen LogP contribution is 2.03. The fourth-order valence-corrected chi connectivity index (χ4v) is 1.11. The molecule has 0 aromatic heterocycles. The molecular formula is C12H20O5. The molecule has 0 bridgehead atoms. The first-order valence-corrected chi connectivity index (χ1v) is 5.66. The molecule has 5 heteroatoms. The van der Waals surface area contributed by atoms with Crippen LogP contribution in [0.4, 0.5) is 0 Å². The van der Waals surface area contributed by atoms with Gasteiger partial charge in [-0.05, 0) is 20.8 Å². The van der Waals surface area contributed by atoms with Gasteiger partial charge in [0.05, 0.1) is 19.1 Å². The Bertz CT molecular complexity index is 270. The Morgan fingerprint density at radius 2 is 2.00 bits per heavy atom. The molecule has 98 valence electrons. The van der Waals surface area contributed by atoms with Crippen LogP contribution in [0.15, 0.2) is 12.2 Å². The lowest BCUT2D eigenvalue weighted by atomic mass is 10.2. The summed E-state index contributed by atoms with van der Waals surface area (Å²) in [5, 5.41) is 8.97. The number of hydrogen-bond donors (Lipinski definition) is 1. The van der Waals surface area contributed by atoms with E-state index in [4.69, 9.17) is 14.6 Å². The van der Waals surface area contributed by atoms with Crippen molar-refractivity contribution in [1.82, 2.24) is 0 Å². The van der Waals surface area contributed by atoms with Crippen LogP contribution in [0.2, 0.25) is 0 Å². The van der Waals surface area contributed by atoms with E-state index in [0.29, 0.717) is 13.0 Å². The first-order valence-electron chi connectivity index (χ1n) is 5.66. The molecule has 0 aliphatic carbocycles. The molecule has 5 nitrogen and oxygen atoms in total. The molecule has 2 atom stereocenters. The molecule has 0 saturated heterocycles. The van der Waals surface area contributed by atoms with E-state index in [2.05, 4.69) is 0 Å². The molecule has 0 amide bonds. The zero-order valence-electron chi connectivity index (χ0n) is 10.5. The van der Waals surface area contributed by atoms with Crippen molar-refractivity contribution in [3.05, 3.63) is 12.2 Å². The Hall–Kier alpha value is -1.36. The molecule has 0 radical (unpaired) electrons. The van der Waals surface area contributed by atoms with E-state index in [-0.39, 0.29) is 12.5 Å². The SMILES string of the molecule is CCOC(=O)/C=C/C[C@H](C)OC(=O)C[C@H](C)O. The topological polar surface area (TPSA) is 72.8 Å². The summed E-state index contributed by atoms with van der Waals surface area (Å²) in [6.45, 7) is 5.30. The summed E-state index contributed by atoms with van der Waals surface area (Å²) >= 11 is 0. The van der Waals surface area contributed by atoms with Crippen LogP contribution in [0.5, 0.6) is 0 Å². The molecule has 1 N–H and O–H groups in total. The zero-order valence-corrected chi connectivity index (χ0v) is 10.5. The fourth-order valence-electron chi connectivity index (χ4n) is 1.11. The molecule has 0 unspecified atom stereocenters. The summed E-state index contributed by atoms with van der Waals surface area (Å²) in [7, 11) is 0. The molecule has 0 aliphatic rings. The third kappa shape index (κ3) is 9.56. The van der Waals surface area contributed by atoms with Gasteiger partial charge in [0.2, 0.25) is 0 Å². The maximum absolute atomic E-state index is 11.2. The molecule has 17 heavy (non-hydrogen) atoms. The van der Waals surface area contributed by atoms with Crippen molar-refractivity contribution in [2.75, 3.05) is 6.61 Å². The summed E-state index contributed by atoms with van der Waals surface area (Å²) in [6, 6.07) is 0. The van der Waals surface area contributed by atoms with E-state index < -0.39 is 18.0 Å². The number of rotatable bonds is 7. The molecule has 0 heterocycles. The van der Waals surface area contributed by atoms with Crippen molar-refractivity contribution >= 4 is 11.9 Å². The number of aliphatic hydroxyl groups is 1. The molecule has 0 rings (SSSR count). The standard InChI is InChI=1S/C12H20O5/c1-4-16-11(14)7-5-6-10(3)17-12(15)8-9(2)13/h5,7,9-10,13H,4,6,8H2,1-3H3/b7-5+/t9-,10-/m0/s1. The Kier molecular flexibility index (Phi) is 8.05. The van der Waals surface area contributed by atoms with Gasteiger partial charge in [-0.3, -0.25) is 4.79 Å². The van der Waals surface area contributed by atoms with Crippen LogP contribution < -0.4 is 0 Å². The zero-order chi connectivity index (χ0) is 13.3. The van der Waals surface area contributed by atoms with Gasteiger partial charge in [-0.2, -0.15) is 0 Å². The van der Waals surface area contributed by atoms with Gasteiger partial charge in [0.1, 0.15) is 6.10 Å². The predicted molar refractivity (Wildman–Crippen MR) is 62.2 cm³/mol. The lowest BCUT2D eigenvalue weighted by Gasteiger charge is -2.11. The first-order chi connectivity index (χ1) is 7.95. The highest BCUT2D eigenvalue weighted by Gasteiger charge is 2.10. The Balaban J connectivity index is 3.82. The van der Waals surface area contributed by atoms with E-state index in [9.17, 15) is 9.59 Å². The van der Waals surface area contributed by atoms with E-state index >= 15 is 0 Å². The molecule has 0 aromatic carbocycles. The summed E-state index contributed by atoms with van der Waals surface area (Å²) in [5.74, 6) is -0.855. The summed E-state index contributed by atoms with van der Waals surface area (Å²) in [4.78, 5) is 22.1. The second-order valence-electron chi connectivity index (χ2n) is 3.74. The fraction of sp³-hybridized carbons (Fsp3) is 0.667. The van der Waals surface area contributed by atoms with Gasteiger partial charge < -0.3 is 14.6 Å². The smallest absolute Gasteiger partial charge is 0.330 e. The second-order valence-corrected chi connectivity index (χ2v) is 3.74. The highest BCUT2D eigenvalue weighted by atomic mass is 16.5. The van der Waals surface area contributed by atoms with Crippen LogP contribution in [0.3, 0.4) is 0 Å². The van der Waals surface area contributed by atoms with Crippen LogP contribution in [0.25, 0.3) is 0 Å². The first kappa shape index (κ1) is 15.6. The molecule has 0 saturated carbocycles. The number of aliphatic hydroxyl groups excluding tert-OH is 1. The Labute approximate surface area is 101 Å². The van der Waals surface area contributed by atoms with E-state index in [1.807, 2.05) is 0 Å². The van der Waals surface area contributed by atoms with Crippen LogP contribution >= 0.6 is 0 Å². The van der Waals surface area contributed by atoms with Crippen LogP contribution in [-0.2, 0) is 19.1 Å². The molecule has 0 aliphatic heterocycles. The molecule has 0 aromatic rings. The number of ether oxygens (including phenoxy) is 2. The van der Waals surface area contributed by atoms with Crippen molar-refractivity contribution < 1.29 is 24.2 Å². The van der Waals surface area contributed by atoms with Crippen molar-refractivity contribution in [1.29, 1.82) is 0 Å². The van der Waals surface area contributed by atoms with Gasteiger partial charge in [-0.25, -0.2) is 4.79 Å². The van der Waals surface area contributed by atoms with Crippen LogP contribution in [0.1, 0.15) is 33.6 Å². The van der Waals surface area contributed by atoms with Gasteiger partial charge in [-0.1, -0.05) is 6.08 Å². The van der Waals surface area contributed by atoms with Crippen LogP contribution in [-0.4, -0.2) is 35.9 Å². The van der Waals surface area contributed by atoms with Crippen LogP contribution in [0, 0.1) is 0 Å². The Morgan fingerprint density at radius 3 is 2.53 bits per heavy atom. The summed E-state index contributed by atoms with van der Waals surface area (Å²) in [6.07, 6.45) is 2.29. The van der Waals surface area contributed by atoms with Crippen molar-refractivity contribution in [2.24, 2.45) is 0 Å². The lowest BCUT2D eigenvalue weighted by molar-refractivity contribution is -0.150. The van der Waals surface area contributed by atoms with Gasteiger partial charge in [0, 0.05) is 12.5 Å². The maximum Gasteiger partial charge on any atom is 0.330 e. The summed E-state index contributed by atoms with van der Waals surface area (Å²) < 4.78 is 9.69. The lowest BCUT2D eigenvalue weighted by Crippen LogP contribution is -2.18. The number of carbonyl (C=O) groups is 2. The molecular weight excluding hydrogens is 224 g/mol. The third-order valence-corrected chi connectivity index (χ3v) is 1.80. The third-order valence-electron chi connectivity index (χ3n) is 1.80. The average molecular weight is 244 g/mol. The quantitative estimate of drug-likeness (QED) is 0.538. The predicted octanol–water partition coefficient (Wildman–Crippen LogP) is 1.20. The maximum atomic E-state index is 11.2. The number of esters is 2. The van der Waals surface area contributed by atoms with Gasteiger partial charge >= 0.3 is 11.9 Å². The summed E-state index contributed by atoms with van der Waals surface area (Å²) in [5.41, 5.74) is 0. The normalized spacial score (nSPS) is 14.4. The average Bonchev–Trinajstić information content (AvgIpc) is 2.16. The monoisotopic (exact) mass is 244 g/mol. The van der Waals surface area contributed by atoms with E-state index in [1.165, 1.54) is 13.0 Å². The Morgan fingerprint density at radius 1 is 1.35 bits per heavy atom. The van der Waals surface area contributed by atoms with Gasteiger partial charge in [-0.15, -0.1) is 0 Å². The van der Waals surface area contributed by atoms with Crippen molar-refractivity contribution in [3.63, 3.8) is 0 Å². The minimum Gasteiger partial charge on any atom is -0.463 e. The highest BCUT2D eigenvalue weighted by molar-refractivity contribution is 5.81. The van der Waals surface area contributed by atoms with Gasteiger partial charge in [0.15, 0.2) is 0 Å². The van der Waals surface area contributed by atoms with Crippen molar-refractivity contribution in [2.45, 2.75) is 45.8 Å². The number of hydrogen-bond acceptors (Lipinski definition) is 5. The molecule has 0 spiro atoms. The van der Waals surface area contributed by atoms with Crippen molar-refractivity contribution in [3.8, 4) is 0 Å². The van der Waals surface area contributed by atoms with Gasteiger partial charge in [0.25, 0.3) is 0 Å². The minimum atomic E-state index is -0.704. The second kappa shape index (κ2) is 8.75. The van der Waals surface area contributed by atoms with E-state index in [0.717, 1.165) is 0 Å².